The number of hydrogen-bond donors (Lipinski definition) is 3. The molecule has 0 saturated heterocycles. The highest BCUT2D eigenvalue weighted by atomic mass is 16.3. The molecule has 0 heterocycles. The maximum Gasteiger partial charge on any atom is 0.0626 e. The molecule has 0 aromatic heterocycles. The third-order valence-corrected chi connectivity index (χ3v) is 3.00. The van der Waals surface area contributed by atoms with Gasteiger partial charge in [0.1, 0.15) is 0 Å². The molecule has 0 spiro atoms. The van der Waals surface area contributed by atoms with Crippen LogP contribution in [0.1, 0.15) is 24.4 Å². The molecule has 1 saturated carbocycles. The van der Waals surface area contributed by atoms with Crippen molar-refractivity contribution < 1.29 is 5.11 Å². The molecule has 1 aliphatic rings. The van der Waals surface area contributed by atoms with Gasteiger partial charge in [-0.05, 0) is 18.4 Å². The first kappa shape index (κ1) is 10.6. The maximum absolute atomic E-state index is 9.32. The Morgan fingerprint density at radius 1 is 1.33 bits per heavy atom. The zero-order valence-electron chi connectivity index (χ0n) is 8.76. The number of aliphatic hydroxyl groups excluding tert-OH is 1. The molecule has 1 aromatic rings. The quantitative estimate of drug-likeness (QED) is 0.683. The van der Waals surface area contributed by atoms with Gasteiger partial charge in [-0.3, -0.25) is 0 Å². The Morgan fingerprint density at radius 2 is 2.00 bits per heavy atom. The van der Waals surface area contributed by atoms with Gasteiger partial charge in [0.2, 0.25) is 0 Å². The van der Waals surface area contributed by atoms with E-state index in [2.05, 4.69) is 5.32 Å². The second-order valence-corrected chi connectivity index (χ2v) is 4.24. The Bertz CT molecular complexity index is 296. The van der Waals surface area contributed by atoms with E-state index in [0.29, 0.717) is 12.1 Å². The Morgan fingerprint density at radius 3 is 2.53 bits per heavy atom. The fraction of sp³-hybridized carbons (Fsp3) is 0.500. The lowest BCUT2D eigenvalue weighted by atomic mass is 9.86. The summed E-state index contributed by atoms with van der Waals surface area (Å²) in [6, 6.07) is 10.9. The van der Waals surface area contributed by atoms with E-state index in [1.807, 2.05) is 30.3 Å². The minimum absolute atomic E-state index is 0.0451. The fourth-order valence-electron chi connectivity index (χ4n) is 2.02. The summed E-state index contributed by atoms with van der Waals surface area (Å²) in [4.78, 5) is 0. The first-order chi connectivity index (χ1) is 7.29. The molecule has 1 fully saturated rings. The average molecular weight is 206 g/mol. The van der Waals surface area contributed by atoms with Crippen LogP contribution in [0, 0.1) is 0 Å². The van der Waals surface area contributed by atoms with Crippen molar-refractivity contribution in [2.75, 3.05) is 6.61 Å². The Balaban J connectivity index is 1.93. The molecule has 0 bridgehead atoms. The van der Waals surface area contributed by atoms with E-state index in [9.17, 15) is 5.11 Å². The lowest BCUT2D eigenvalue weighted by molar-refractivity contribution is 0.198. The molecule has 15 heavy (non-hydrogen) atoms. The Hall–Kier alpha value is -0.900. The summed E-state index contributed by atoms with van der Waals surface area (Å²) in [7, 11) is 0. The topological polar surface area (TPSA) is 58.3 Å². The van der Waals surface area contributed by atoms with Crippen LogP contribution in [-0.2, 0) is 0 Å². The number of hydrogen-bond acceptors (Lipinski definition) is 3. The van der Waals surface area contributed by atoms with Crippen LogP contribution in [0.4, 0.5) is 0 Å². The summed E-state index contributed by atoms with van der Waals surface area (Å²) >= 11 is 0. The van der Waals surface area contributed by atoms with Crippen LogP contribution in [0.3, 0.4) is 0 Å². The van der Waals surface area contributed by atoms with E-state index in [4.69, 9.17) is 5.73 Å². The molecule has 3 nitrogen and oxygen atoms in total. The van der Waals surface area contributed by atoms with E-state index in [0.717, 1.165) is 18.4 Å². The van der Waals surface area contributed by atoms with Gasteiger partial charge in [0, 0.05) is 12.1 Å². The van der Waals surface area contributed by atoms with Crippen molar-refractivity contribution in [2.24, 2.45) is 5.73 Å². The molecule has 1 unspecified atom stereocenters. The van der Waals surface area contributed by atoms with Crippen molar-refractivity contribution in [1.82, 2.24) is 5.32 Å². The SMILES string of the molecule is NC1CC(NC(CO)c2ccccc2)C1. The van der Waals surface area contributed by atoms with Crippen LogP contribution in [0.15, 0.2) is 30.3 Å². The number of benzene rings is 1. The monoisotopic (exact) mass is 206 g/mol. The van der Waals surface area contributed by atoms with Crippen LogP contribution in [0.2, 0.25) is 0 Å². The summed E-state index contributed by atoms with van der Waals surface area (Å²) in [5, 5.41) is 12.7. The molecular formula is C12H18N2O. The second-order valence-electron chi connectivity index (χ2n) is 4.24. The van der Waals surface area contributed by atoms with Crippen LogP contribution >= 0.6 is 0 Å². The van der Waals surface area contributed by atoms with Crippen LogP contribution in [0.5, 0.6) is 0 Å². The standard InChI is InChI=1S/C12H18N2O/c13-10-6-11(7-10)14-12(8-15)9-4-2-1-3-5-9/h1-5,10-12,14-15H,6-8,13H2. The summed E-state index contributed by atoms with van der Waals surface area (Å²) < 4.78 is 0. The van der Waals surface area contributed by atoms with Gasteiger partial charge in [0.05, 0.1) is 12.6 Å². The van der Waals surface area contributed by atoms with Gasteiger partial charge in [-0.15, -0.1) is 0 Å². The molecular weight excluding hydrogens is 188 g/mol. The van der Waals surface area contributed by atoms with Crippen molar-refractivity contribution in [3.63, 3.8) is 0 Å². The predicted octanol–water partition coefficient (Wildman–Crippen LogP) is 0.799. The largest absolute Gasteiger partial charge is 0.394 e. The molecule has 82 valence electrons. The zero-order chi connectivity index (χ0) is 10.7. The van der Waals surface area contributed by atoms with Crippen LogP contribution < -0.4 is 11.1 Å². The molecule has 0 amide bonds. The molecule has 0 aliphatic heterocycles. The lowest BCUT2D eigenvalue weighted by Gasteiger charge is -2.36. The minimum Gasteiger partial charge on any atom is -0.394 e. The molecule has 1 atom stereocenters. The van der Waals surface area contributed by atoms with Gasteiger partial charge in [-0.1, -0.05) is 30.3 Å². The van der Waals surface area contributed by atoms with E-state index in [-0.39, 0.29) is 12.6 Å². The number of nitrogens with two attached hydrogens (primary N) is 1. The molecule has 2 rings (SSSR count). The highest BCUT2D eigenvalue weighted by Gasteiger charge is 2.27. The summed E-state index contributed by atoms with van der Waals surface area (Å²) in [6.45, 7) is 0.135. The molecule has 0 radical (unpaired) electrons. The molecule has 1 aliphatic carbocycles. The summed E-state index contributed by atoms with van der Waals surface area (Å²) in [5.41, 5.74) is 6.86. The van der Waals surface area contributed by atoms with Gasteiger partial charge in [0.15, 0.2) is 0 Å². The van der Waals surface area contributed by atoms with Gasteiger partial charge in [-0.25, -0.2) is 0 Å². The second kappa shape index (κ2) is 4.75. The zero-order valence-corrected chi connectivity index (χ0v) is 8.76. The Kier molecular flexibility index (Phi) is 3.36. The highest BCUT2D eigenvalue weighted by molar-refractivity contribution is 5.19. The minimum atomic E-state index is 0.0451. The van der Waals surface area contributed by atoms with Crippen LogP contribution in [0.25, 0.3) is 0 Å². The van der Waals surface area contributed by atoms with Gasteiger partial charge in [-0.2, -0.15) is 0 Å². The summed E-state index contributed by atoms with van der Waals surface area (Å²) in [6.07, 6.45) is 2.03. The molecule has 1 aromatic carbocycles. The number of nitrogens with one attached hydrogen (secondary N) is 1. The lowest BCUT2D eigenvalue weighted by Crippen LogP contribution is -2.50. The van der Waals surface area contributed by atoms with Crippen LogP contribution in [-0.4, -0.2) is 23.8 Å². The van der Waals surface area contributed by atoms with Crippen molar-refractivity contribution >= 4 is 0 Å². The fourth-order valence-corrected chi connectivity index (χ4v) is 2.02. The van der Waals surface area contributed by atoms with Crippen molar-refractivity contribution in [1.29, 1.82) is 0 Å². The first-order valence-electron chi connectivity index (χ1n) is 5.47. The smallest absolute Gasteiger partial charge is 0.0626 e. The van der Waals surface area contributed by atoms with Gasteiger partial charge in [0.25, 0.3) is 0 Å². The van der Waals surface area contributed by atoms with E-state index < -0.39 is 0 Å². The number of aliphatic hydroxyl groups is 1. The van der Waals surface area contributed by atoms with E-state index >= 15 is 0 Å². The molecule has 4 N–H and O–H groups in total. The third-order valence-electron chi connectivity index (χ3n) is 3.00. The summed E-state index contributed by atoms with van der Waals surface area (Å²) in [5.74, 6) is 0. The van der Waals surface area contributed by atoms with Crippen molar-refractivity contribution in [3.05, 3.63) is 35.9 Å². The van der Waals surface area contributed by atoms with Crippen molar-refractivity contribution in [2.45, 2.75) is 31.0 Å². The average Bonchev–Trinajstić information content (AvgIpc) is 2.24. The van der Waals surface area contributed by atoms with Gasteiger partial charge < -0.3 is 16.2 Å². The maximum atomic E-state index is 9.32. The number of rotatable bonds is 4. The highest BCUT2D eigenvalue weighted by Crippen LogP contribution is 2.22. The van der Waals surface area contributed by atoms with Gasteiger partial charge >= 0.3 is 0 Å². The third kappa shape index (κ3) is 2.56. The first-order valence-corrected chi connectivity index (χ1v) is 5.47. The van der Waals surface area contributed by atoms with E-state index in [1.165, 1.54) is 0 Å². The van der Waals surface area contributed by atoms with E-state index in [1.54, 1.807) is 0 Å². The molecule has 3 heteroatoms. The normalized spacial score (nSPS) is 27.1. The van der Waals surface area contributed by atoms with Crippen molar-refractivity contribution in [3.8, 4) is 0 Å². The predicted molar refractivity (Wildman–Crippen MR) is 60.4 cm³/mol. The Labute approximate surface area is 90.3 Å².